The van der Waals surface area contributed by atoms with Gasteiger partial charge in [0.2, 0.25) is 0 Å². The van der Waals surface area contributed by atoms with Crippen LogP contribution in [0.15, 0.2) is 54.6 Å². The number of hydrogen-bond donors (Lipinski definition) is 1. The summed E-state index contributed by atoms with van der Waals surface area (Å²) in [7, 11) is 0. The highest BCUT2D eigenvalue weighted by Gasteiger charge is 2.14. The lowest BCUT2D eigenvalue weighted by Gasteiger charge is -2.19. The van der Waals surface area contributed by atoms with E-state index >= 15 is 0 Å². The van der Waals surface area contributed by atoms with E-state index in [2.05, 4.69) is 5.32 Å². The number of rotatable bonds is 8. The normalized spacial score (nSPS) is 12.4. The number of fused-ring (bicyclic) bond motifs is 1. The topological polar surface area (TPSA) is 49.0 Å². The maximum atomic E-state index is 6.55. The van der Waals surface area contributed by atoms with Crippen molar-refractivity contribution < 1.29 is 18.9 Å². The summed E-state index contributed by atoms with van der Waals surface area (Å²) in [5.41, 5.74) is 2.78. The molecule has 0 fully saturated rings. The molecule has 0 saturated heterocycles. The molecule has 4 rings (SSSR count). The molecule has 3 aromatic rings. The van der Waals surface area contributed by atoms with E-state index < -0.39 is 0 Å². The first-order valence-corrected chi connectivity index (χ1v) is 10.8. The third-order valence-electron chi connectivity index (χ3n) is 4.72. The van der Waals surface area contributed by atoms with Crippen molar-refractivity contribution in [3.63, 3.8) is 0 Å². The molecule has 1 heterocycles. The van der Waals surface area contributed by atoms with Crippen molar-refractivity contribution >= 4 is 28.9 Å². The predicted molar refractivity (Wildman–Crippen MR) is 123 cm³/mol. The highest BCUT2D eigenvalue weighted by molar-refractivity contribution is 6.31. The van der Waals surface area contributed by atoms with E-state index in [-0.39, 0.29) is 0 Å². The molecule has 0 aromatic heterocycles. The van der Waals surface area contributed by atoms with Gasteiger partial charge < -0.3 is 24.3 Å². The molecule has 1 aliphatic heterocycles. The van der Waals surface area contributed by atoms with Gasteiger partial charge in [0.15, 0.2) is 23.0 Å². The minimum absolute atomic E-state index is 0.367. The highest BCUT2D eigenvalue weighted by Crippen LogP contribution is 2.36. The average Bonchev–Trinajstić information content (AvgIpc) is 2.78. The van der Waals surface area contributed by atoms with Crippen LogP contribution in [0.3, 0.4) is 0 Å². The van der Waals surface area contributed by atoms with E-state index in [1.54, 1.807) is 6.07 Å². The Hall–Kier alpha value is -2.76. The summed E-state index contributed by atoms with van der Waals surface area (Å²) in [6.45, 7) is 4.46. The Balaban J connectivity index is 1.47. The van der Waals surface area contributed by atoms with Crippen molar-refractivity contribution in [2.45, 2.75) is 20.1 Å². The van der Waals surface area contributed by atoms with Gasteiger partial charge in [0.25, 0.3) is 0 Å². The number of ether oxygens (including phenoxy) is 4. The van der Waals surface area contributed by atoms with Gasteiger partial charge in [0.05, 0.1) is 6.61 Å². The molecule has 1 aliphatic rings. The number of benzene rings is 3. The fourth-order valence-electron chi connectivity index (χ4n) is 3.23. The molecule has 31 heavy (non-hydrogen) atoms. The van der Waals surface area contributed by atoms with Crippen LogP contribution in [-0.2, 0) is 13.2 Å². The van der Waals surface area contributed by atoms with Crippen LogP contribution in [0.5, 0.6) is 23.0 Å². The lowest BCUT2D eigenvalue weighted by Crippen LogP contribution is -2.15. The summed E-state index contributed by atoms with van der Waals surface area (Å²) >= 11 is 12.6. The van der Waals surface area contributed by atoms with Crippen molar-refractivity contribution in [3.8, 4) is 23.0 Å². The van der Waals surface area contributed by atoms with Crippen LogP contribution in [-0.4, -0.2) is 19.8 Å². The van der Waals surface area contributed by atoms with E-state index in [1.165, 1.54) is 0 Å². The second kappa shape index (κ2) is 10.0. The average molecular weight is 460 g/mol. The lowest BCUT2D eigenvalue weighted by atomic mass is 10.1. The summed E-state index contributed by atoms with van der Waals surface area (Å²) in [5, 5.41) is 4.64. The quantitative estimate of drug-likeness (QED) is 0.424. The summed E-state index contributed by atoms with van der Waals surface area (Å²) in [4.78, 5) is 0. The minimum atomic E-state index is 0.367. The molecule has 0 unspecified atom stereocenters. The first-order chi connectivity index (χ1) is 15.1. The molecule has 0 amide bonds. The fourth-order valence-corrected chi connectivity index (χ4v) is 3.67. The van der Waals surface area contributed by atoms with Crippen LogP contribution in [0.2, 0.25) is 10.0 Å². The SMILES string of the molecule is CCOc1cc(CNc2ccc3c(c2)OCCO3)c(Cl)cc1OCc1cccc(Cl)c1. The maximum absolute atomic E-state index is 6.55. The van der Waals surface area contributed by atoms with Crippen molar-refractivity contribution in [2.24, 2.45) is 0 Å². The van der Waals surface area contributed by atoms with Crippen LogP contribution in [0.4, 0.5) is 5.69 Å². The van der Waals surface area contributed by atoms with Gasteiger partial charge in [-0.2, -0.15) is 0 Å². The largest absolute Gasteiger partial charge is 0.490 e. The van der Waals surface area contributed by atoms with Crippen LogP contribution < -0.4 is 24.3 Å². The summed E-state index contributed by atoms with van der Waals surface area (Å²) < 4.78 is 23.0. The zero-order chi connectivity index (χ0) is 21.6. The Morgan fingerprint density at radius 2 is 1.71 bits per heavy atom. The molecular formula is C24H23Cl2NO4. The molecule has 0 bridgehead atoms. The smallest absolute Gasteiger partial charge is 0.163 e. The zero-order valence-electron chi connectivity index (χ0n) is 17.1. The molecule has 0 saturated carbocycles. The number of hydrogen-bond acceptors (Lipinski definition) is 5. The van der Waals surface area contributed by atoms with Gasteiger partial charge in [-0.1, -0.05) is 35.3 Å². The third kappa shape index (κ3) is 5.49. The van der Waals surface area contributed by atoms with E-state index in [0.717, 1.165) is 28.3 Å². The van der Waals surface area contributed by atoms with Crippen LogP contribution in [0, 0.1) is 0 Å². The molecular weight excluding hydrogens is 437 g/mol. The Kier molecular flexibility index (Phi) is 6.95. The summed E-state index contributed by atoms with van der Waals surface area (Å²) in [6, 6.07) is 17.0. The predicted octanol–water partition coefficient (Wildman–Crippen LogP) is 6.35. The number of halogens is 2. The van der Waals surface area contributed by atoms with Crippen LogP contribution >= 0.6 is 23.2 Å². The van der Waals surface area contributed by atoms with Gasteiger partial charge in [-0.15, -0.1) is 0 Å². The van der Waals surface area contributed by atoms with Gasteiger partial charge in [-0.05, 0) is 48.4 Å². The zero-order valence-corrected chi connectivity index (χ0v) is 18.6. The van der Waals surface area contributed by atoms with Crippen LogP contribution in [0.25, 0.3) is 0 Å². The van der Waals surface area contributed by atoms with E-state index in [0.29, 0.717) is 54.5 Å². The van der Waals surface area contributed by atoms with E-state index in [9.17, 15) is 0 Å². The van der Waals surface area contributed by atoms with Gasteiger partial charge in [-0.25, -0.2) is 0 Å². The molecule has 0 aliphatic carbocycles. The highest BCUT2D eigenvalue weighted by atomic mass is 35.5. The van der Waals surface area contributed by atoms with Crippen molar-refractivity contribution in [1.29, 1.82) is 0 Å². The Morgan fingerprint density at radius 3 is 2.52 bits per heavy atom. The van der Waals surface area contributed by atoms with Crippen molar-refractivity contribution in [2.75, 3.05) is 25.1 Å². The fraction of sp³-hybridized carbons (Fsp3) is 0.250. The molecule has 5 nitrogen and oxygen atoms in total. The standard InChI is InChI=1S/C24H23Cl2NO4/c1-2-28-22-11-17(14-27-19-6-7-21-23(12-19)30-9-8-29-21)20(26)13-24(22)31-15-16-4-3-5-18(25)10-16/h3-7,10-13,27H,2,8-9,14-15H2,1H3. The Morgan fingerprint density at radius 1 is 0.903 bits per heavy atom. The maximum Gasteiger partial charge on any atom is 0.163 e. The molecule has 1 N–H and O–H groups in total. The Labute approximate surface area is 191 Å². The van der Waals surface area contributed by atoms with Gasteiger partial charge in [0.1, 0.15) is 19.8 Å². The molecule has 7 heteroatoms. The molecule has 3 aromatic carbocycles. The van der Waals surface area contributed by atoms with Crippen molar-refractivity contribution in [3.05, 3.63) is 75.8 Å². The number of anilines is 1. The molecule has 0 atom stereocenters. The van der Waals surface area contributed by atoms with Gasteiger partial charge in [0, 0.05) is 34.4 Å². The van der Waals surface area contributed by atoms with Gasteiger partial charge >= 0.3 is 0 Å². The molecule has 162 valence electrons. The summed E-state index contributed by atoms with van der Waals surface area (Å²) in [6.07, 6.45) is 0. The number of nitrogens with one attached hydrogen (secondary N) is 1. The lowest BCUT2D eigenvalue weighted by molar-refractivity contribution is 0.171. The van der Waals surface area contributed by atoms with Gasteiger partial charge in [-0.3, -0.25) is 0 Å². The monoisotopic (exact) mass is 459 g/mol. The first-order valence-electron chi connectivity index (χ1n) is 10.1. The molecule has 0 radical (unpaired) electrons. The third-order valence-corrected chi connectivity index (χ3v) is 5.31. The van der Waals surface area contributed by atoms with E-state index in [1.807, 2.05) is 55.5 Å². The first kappa shape index (κ1) is 21.5. The summed E-state index contributed by atoms with van der Waals surface area (Å²) in [5.74, 6) is 2.74. The van der Waals surface area contributed by atoms with Crippen LogP contribution in [0.1, 0.15) is 18.1 Å². The molecule has 0 spiro atoms. The second-order valence-electron chi connectivity index (χ2n) is 6.95. The Bertz CT molecular complexity index is 1060. The van der Waals surface area contributed by atoms with E-state index in [4.69, 9.17) is 42.1 Å². The van der Waals surface area contributed by atoms with Crippen molar-refractivity contribution in [1.82, 2.24) is 0 Å². The second-order valence-corrected chi connectivity index (χ2v) is 7.80. The minimum Gasteiger partial charge on any atom is -0.490 e.